The molecule has 4 rings (SSSR count). The van der Waals surface area contributed by atoms with Gasteiger partial charge in [-0.15, -0.1) is 11.3 Å². The van der Waals surface area contributed by atoms with Crippen molar-refractivity contribution in [3.05, 3.63) is 60.5 Å². The zero-order valence-electron chi connectivity index (χ0n) is 12.6. The summed E-state index contributed by atoms with van der Waals surface area (Å²) in [6.07, 6.45) is 1.77. The van der Waals surface area contributed by atoms with Crippen LogP contribution in [-0.2, 0) is 6.54 Å². The Kier molecular flexibility index (Phi) is 4.86. The molecule has 25 heavy (non-hydrogen) atoms. The molecule has 2 heterocycles. The molecule has 0 unspecified atom stereocenters. The third-order valence-electron chi connectivity index (χ3n) is 3.54. The highest BCUT2D eigenvalue weighted by molar-refractivity contribution is 14.1. The molecule has 126 valence electrons. The summed E-state index contributed by atoms with van der Waals surface area (Å²) in [4.78, 5) is 9.68. The summed E-state index contributed by atoms with van der Waals surface area (Å²) in [6, 6.07) is 11.6. The number of oxazole rings is 1. The lowest BCUT2D eigenvalue weighted by molar-refractivity contribution is 0.620. The molecular weight excluding hydrogens is 492 g/mol. The number of fused-ring (bicyclic) bond motifs is 1. The molecule has 0 radical (unpaired) electrons. The molecule has 0 saturated heterocycles. The fourth-order valence-corrected chi connectivity index (χ4v) is 3.98. The van der Waals surface area contributed by atoms with Crippen molar-refractivity contribution >= 4 is 73.9 Å². The Morgan fingerprint density at radius 1 is 1.16 bits per heavy atom. The minimum absolute atomic E-state index is 0.518. The van der Waals surface area contributed by atoms with E-state index in [1.165, 1.54) is 11.3 Å². The number of hydrogen-bond acceptors (Lipinski definition) is 5. The summed E-state index contributed by atoms with van der Waals surface area (Å²) >= 11 is 15.8. The first-order valence-corrected chi connectivity index (χ1v) is 9.94. The van der Waals surface area contributed by atoms with Crippen LogP contribution in [0.15, 0.2) is 47.0 Å². The monoisotopic (exact) mass is 501 g/mol. The molecule has 0 fully saturated rings. The lowest BCUT2D eigenvalue weighted by atomic mass is 10.2. The molecule has 2 aromatic carbocycles. The second-order valence-corrected chi connectivity index (χ2v) is 8.61. The van der Waals surface area contributed by atoms with Gasteiger partial charge in [0.2, 0.25) is 5.89 Å². The van der Waals surface area contributed by atoms with Gasteiger partial charge in [0.15, 0.2) is 10.0 Å². The van der Waals surface area contributed by atoms with E-state index < -0.39 is 0 Å². The fraction of sp³-hybridized carbons (Fsp3) is 0.0588. The van der Waals surface area contributed by atoms with Crippen molar-refractivity contribution < 1.29 is 4.42 Å². The van der Waals surface area contributed by atoms with E-state index in [9.17, 15) is 0 Å². The van der Waals surface area contributed by atoms with Crippen molar-refractivity contribution in [2.45, 2.75) is 6.54 Å². The minimum atomic E-state index is 0.518. The second-order valence-electron chi connectivity index (χ2n) is 5.26. The lowest BCUT2D eigenvalue weighted by Crippen LogP contribution is -1.96. The number of rotatable bonds is 4. The quantitative estimate of drug-likeness (QED) is 0.325. The van der Waals surface area contributed by atoms with Gasteiger partial charge in [0.1, 0.15) is 5.52 Å². The summed E-state index contributed by atoms with van der Waals surface area (Å²) in [7, 11) is 0. The molecule has 0 aliphatic rings. The molecule has 0 spiro atoms. The number of hydrogen-bond donors (Lipinski definition) is 1. The van der Waals surface area contributed by atoms with Gasteiger partial charge in [-0.3, -0.25) is 0 Å². The summed E-state index contributed by atoms with van der Waals surface area (Å²) in [5.41, 5.74) is 3.23. The predicted molar refractivity (Wildman–Crippen MR) is 112 cm³/mol. The van der Waals surface area contributed by atoms with Crippen LogP contribution in [0.3, 0.4) is 0 Å². The largest absolute Gasteiger partial charge is 0.436 e. The predicted octanol–water partition coefficient (Wildman–Crippen LogP) is 6.47. The van der Waals surface area contributed by atoms with Crippen molar-refractivity contribution in [3.63, 3.8) is 0 Å². The van der Waals surface area contributed by atoms with Crippen LogP contribution in [0.4, 0.5) is 5.69 Å². The Hall–Kier alpha value is -1.35. The maximum Gasteiger partial charge on any atom is 0.228 e. The van der Waals surface area contributed by atoms with Crippen LogP contribution in [0.5, 0.6) is 0 Å². The van der Waals surface area contributed by atoms with Crippen molar-refractivity contribution in [3.8, 4) is 11.5 Å². The van der Waals surface area contributed by atoms with Crippen LogP contribution in [0.25, 0.3) is 22.6 Å². The van der Waals surface area contributed by atoms with Crippen molar-refractivity contribution in [2.24, 2.45) is 0 Å². The molecule has 0 bridgehead atoms. The summed E-state index contributed by atoms with van der Waals surface area (Å²) in [6.45, 7) is 0.656. The maximum absolute atomic E-state index is 6.28. The van der Waals surface area contributed by atoms with E-state index in [4.69, 9.17) is 27.6 Å². The van der Waals surface area contributed by atoms with Gasteiger partial charge in [-0.2, -0.15) is 0 Å². The van der Waals surface area contributed by atoms with E-state index in [1.807, 2.05) is 36.4 Å². The Balaban J connectivity index is 1.61. The third-order valence-corrected chi connectivity index (χ3v) is 5.65. The van der Waals surface area contributed by atoms with E-state index in [2.05, 4.69) is 37.9 Å². The summed E-state index contributed by atoms with van der Waals surface area (Å²) in [5.74, 6) is 0.518. The smallest absolute Gasteiger partial charge is 0.228 e. The van der Waals surface area contributed by atoms with E-state index in [0.717, 1.165) is 30.8 Å². The topological polar surface area (TPSA) is 51.0 Å². The van der Waals surface area contributed by atoms with Gasteiger partial charge in [-0.1, -0.05) is 23.2 Å². The van der Waals surface area contributed by atoms with E-state index >= 15 is 0 Å². The number of halogens is 3. The molecule has 0 aliphatic carbocycles. The lowest BCUT2D eigenvalue weighted by Gasteiger charge is -2.03. The van der Waals surface area contributed by atoms with Crippen molar-refractivity contribution in [2.75, 3.05) is 5.32 Å². The van der Waals surface area contributed by atoms with Crippen LogP contribution in [0, 0.1) is 3.57 Å². The summed E-state index contributed by atoms with van der Waals surface area (Å²) < 4.78 is 7.48. The molecular formula is C17H10Cl2IN3OS. The highest BCUT2D eigenvalue weighted by Gasteiger charge is 2.12. The van der Waals surface area contributed by atoms with E-state index in [-0.39, 0.29) is 0 Å². The second kappa shape index (κ2) is 7.11. The molecule has 4 aromatic rings. The molecule has 0 saturated carbocycles. The Morgan fingerprint density at radius 3 is 2.84 bits per heavy atom. The Labute approximate surface area is 171 Å². The number of nitrogens with one attached hydrogen (secondary N) is 1. The van der Waals surface area contributed by atoms with Gasteiger partial charge in [0.05, 0.1) is 17.1 Å². The Morgan fingerprint density at radius 2 is 2.04 bits per heavy atom. The van der Waals surface area contributed by atoms with Gasteiger partial charge in [-0.05, 0) is 59.0 Å². The van der Waals surface area contributed by atoms with Crippen LogP contribution in [-0.4, -0.2) is 9.97 Å². The highest BCUT2D eigenvalue weighted by atomic mass is 127. The first-order valence-electron chi connectivity index (χ1n) is 7.28. The number of anilines is 1. The molecule has 8 heteroatoms. The zero-order valence-corrected chi connectivity index (χ0v) is 17.1. The normalized spacial score (nSPS) is 11.2. The van der Waals surface area contributed by atoms with Gasteiger partial charge in [0.25, 0.3) is 0 Å². The minimum Gasteiger partial charge on any atom is -0.436 e. The van der Waals surface area contributed by atoms with E-state index in [1.54, 1.807) is 6.20 Å². The number of nitrogens with zero attached hydrogens (tertiary/aromatic N) is 2. The standard InChI is InChI=1S/C17H10Cl2IN3OS/c18-13-3-1-9(20)5-12(13)16-23-14-6-10(2-4-15(14)24-16)21-7-11-8-22-17(19)25-11/h1-6,8,21H,7H2. The van der Waals surface area contributed by atoms with Crippen LogP contribution < -0.4 is 5.32 Å². The van der Waals surface area contributed by atoms with Gasteiger partial charge < -0.3 is 9.73 Å². The third kappa shape index (κ3) is 3.76. The first-order chi connectivity index (χ1) is 12.1. The molecule has 2 aromatic heterocycles. The summed E-state index contributed by atoms with van der Waals surface area (Å²) in [5, 5.41) is 3.96. The molecule has 0 aliphatic heterocycles. The van der Waals surface area contributed by atoms with Crippen LogP contribution >= 0.6 is 57.1 Å². The number of aromatic nitrogens is 2. The number of thiazole rings is 1. The van der Waals surface area contributed by atoms with Crippen LogP contribution in [0.2, 0.25) is 9.49 Å². The highest BCUT2D eigenvalue weighted by Crippen LogP contribution is 2.32. The van der Waals surface area contributed by atoms with Gasteiger partial charge >= 0.3 is 0 Å². The maximum atomic E-state index is 6.28. The van der Waals surface area contributed by atoms with Gasteiger partial charge in [-0.25, -0.2) is 9.97 Å². The molecule has 0 atom stereocenters. The molecule has 1 N–H and O–H groups in total. The molecule has 4 nitrogen and oxygen atoms in total. The average molecular weight is 502 g/mol. The molecule has 0 amide bonds. The van der Waals surface area contributed by atoms with Crippen molar-refractivity contribution in [1.29, 1.82) is 0 Å². The number of benzene rings is 2. The average Bonchev–Trinajstić information content (AvgIpc) is 3.20. The first kappa shape index (κ1) is 17.1. The zero-order chi connectivity index (χ0) is 17.4. The van der Waals surface area contributed by atoms with Crippen LogP contribution in [0.1, 0.15) is 4.88 Å². The van der Waals surface area contributed by atoms with Gasteiger partial charge in [0, 0.05) is 20.3 Å². The Bertz CT molecular complexity index is 1060. The van der Waals surface area contributed by atoms with Crippen molar-refractivity contribution in [1.82, 2.24) is 9.97 Å². The van der Waals surface area contributed by atoms with E-state index in [0.29, 0.717) is 21.9 Å². The SMILES string of the molecule is Clc1ncc(CNc2ccc3oc(-c4cc(I)ccc4Cl)nc3c2)s1. The fourth-order valence-electron chi connectivity index (χ4n) is 2.37.